The van der Waals surface area contributed by atoms with E-state index in [0.29, 0.717) is 23.7 Å². The highest BCUT2D eigenvalue weighted by molar-refractivity contribution is 9.10. The molecule has 106 valence electrons. The van der Waals surface area contributed by atoms with Crippen LogP contribution in [0.3, 0.4) is 0 Å². The van der Waals surface area contributed by atoms with E-state index in [4.69, 9.17) is 9.47 Å². The van der Waals surface area contributed by atoms with Crippen molar-refractivity contribution < 1.29 is 14.3 Å². The van der Waals surface area contributed by atoms with Gasteiger partial charge in [-0.3, -0.25) is 0 Å². The quantitative estimate of drug-likeness (QED) is 0.900. The van der Waals surface area contributed by atoms with Crippen LogP contribution in [-0.2, 0) is 0 Å². The van der Waals surface area contributed by atoms with Crippen molar-refractivity contribution in [3.8, 4) is 11.5 Å². The first-order valence-corrected chi connectivity index (χ1v) is 6.76. The molecule has 0 spiro atoms. The molecule has 1 rings (SSSR count). The maximum absolute atomic E-state index is 11.9. The first kappa shape index (κ1) is 15.6. The number of urea groups is 1. The Balaban J connectivity index is 2.92. The number of methoxy groups -OCH3 is 2. The second-order valence-electron chi connectivity index (χ2n) is 4.04. The number of amides is 2. The first-order chi connectivity index (χ1) is 9.03. The lowest BCUT2D eigenvalue weighted by Gasteiger charge is -2.18. The number of rotatable bonds is 5. The van der Waals surface area contributed by atoms with Crippen LogP contribution in [0.2, 0.25) is 0 Å². The monoisotopic (exact) mass is 330 g/mol. The third-order valence-corrected chi connectivity index (χ3v) is 3.28. The van der Waals surface area contributed by atoms with Crippen molar-refractivity contribution >= 4 is 27.6 Å². The molecule has 0 aliphatic carbocycles. The SMILES string of the molecule is CCCN(C)C(=O)Nc1cc(OC)c(OC)cc1Br. The fourth-order valence-corrected chi connectivity index (χ4v) is 2.02. The van der Waals surface area contributed by atoms with E-state index in [2.05, 4.69) is 21.2 Å². The van der Waals surface area contributed by atoms with Crippen LogP contribution in [0.15, 0.2) is 16.6 Å². The third-order valence-electron chi connectivity index (χ3n) is 2.62. The number of hydrogen-bond acceptors (Lipinski definition) is 3. The second-order valence-corrected chi connectivity index (χ2v) is 4.89. The standard InChI is InChI=1S/C13H19BrN2O3/c1-5-6-16(2)13(17)15-10-8-12(19-4)11(18-3)7-9(10)14/h7-8H,5-6H2,1-4H3,(H,15,17). The number of benzene rings is 1. The number of hydrogen-bond donors (Lipinski definition) is 1. The molecule has 0 aliphatic rings. The van der Waals surface area contributed by atoms with Crippen molar-refractivity contribution in [3.05, 3.63) is 16.6 Å². The number of ether oxygens (including phenoxy) is 2. The maximum Gasteiger partial charge on any atom is 0.321 e. The summed E-state index contributed by atoms with van der Waals surface area (Å²) in [5, 5.41) is 2.83. The Labute approximate surface area is 122 Å². The molecular weight excluding hydrogens is 312 g/mol. The van der Waals surface area contributed by atoms with E-state index in [-0.39, 0.29) is 6.03 Å². The lowest BCUT2D eigenvalue weighted by Crippen LogP contribution is -2.31. The topological polar surface area (TPSA) is 50.8 Å². The van der Waals surface area contributed by atoms with Crippen molar-refractivity contribution in [2.75, 3.05) is 33.1 Å². The Morgan fingerprint density at radius 2 is 1.89 bits per heavy atom. The minimum atomic E-state index is -0.158. The highest BCUT2D eigenvalue weighted by Gasteiger charge is 2.13. The number of nitrogens with zero attached hydrogens (tertiary/aromatic N) is 1. The largest absolute Gasteiger partial charge is 0.493 e. The van der Waals surface area contributed by atoms with Gasteiger partial charge in [0.2, 0.25) is 0 Å². The van der Waals surface area contributed by atoms with Gasteiger partial charge in [0, 0.05) is 30.2 Å². The molecule has 5 nitrogen and oxygen atoms in total. The fraction of sp³-hybridized carbons (Fsp3) is 0.462. The van der Waals surface area contributed by atoms with Crippen LogP contribution < -0.4 is 14.8 Å². The fourth-order valence-electron chi connectivity index (χ4n) is 1.60. The van der Waals surface area contributed by atoms with Crippen LogP contribution in [0.1, 0.15) is 13.3 Å². The zero-order chi connectivity index (χ0) is 14.4. The Morgan fingerprint density at radius 1 is 1.32 bits per heavy atom. The van der Waals surface area contributed by atoms with Gasteiger partial charge >= 0.3 is 6.03 Å². The van der Waals surface area contributed by atoms with Crippen molar-refractivity contribution in [1.82, 2.24) is 4.90 Å². The van der Waals surface area contributed by atoms with Gasteiger partial charge in [0.05, 0.1) is 19.9 Å². The summed E-state index contributed by atoms with van der Waals surface area (Å²) in [6.07, 6.45) is 0.914. The molecule has 0 saturated heterocycles. The first-order valence-electron chi connectivity index (χ1n) is 5.97. The second kappa shape index (κ2) is 7.23. The molecule has 0 radical (unpaired) electrons. The molecule has 1 N–H and O–H groups in total. The average molecular weight is 331 g/mol. The summed E-state index contributed by atoms with van der Waals surface area (Å²) in [6, 6.07) is 3.32. The molecule has 6 heteroatoms. The smallest absolute Gasteiger partial charge is 0.321 e. The highest BCUT2D eigenvalue weighted by atomic mass is 79.9. The summed E-state index contributed by atoms with van der Waals surface area (Å²) < 4.78 is 11.1. The van der Waals surface area contributed by atoms with Crippen LogP contribution in [0, 0.1) is 0 Å². The Kier molecular flexibility index (Phi) is 5.95. The molecule has 0 saturated carbocycles. The Morgan fingerprint density at radius 3 is 2.42 bits per heavy atom. The van der Waals surface area contributed by atoms with E-state index in [1.807, 2.05) is 6.92 Å². The number of halogens is 1. The van der Waals surface area contributed by atoms with Crippen molar-refractivity contribution in [1.29, 1.82) is 0 Å². The van der Waals surface area contributed by atoms with Crippen molar-refractivity contribution in [3.63, 3.8) is 0 Å². The van der Waals surface area contributed by atoms with E-state index >= 15 is 0 Å². The summed E-state index contributed by atoms with van der Waals surface area (Å²) in [5.41, 5.74) is 0.644. The van der Waals surface area contributed by atoms with Gasteiger partial charge in [-0.25, -0.2) is 4.79 Å². The van der Waals surface area contributed by atoms with Crippen molar-refractivity contribution in [2.45, 2.75) is 13.3 Å². The van der Waals surface area contributed by atoms with E-state index in [9.17, 15) is 4.79 Å². The molecule has 1 aromatic rings. The molecule has 2 amide bonds. The number of anilines is 1. The molecular formula is C13H19BrN2O3. The predicted octanol–water partition coefficient (Wildman–Crippen LogP) is 3.34. The summed E-state index contributed by atoms with van der Waals surface area (Å²) in [5.74, 6) is 1.17. The van der Waals surface area contributed by atoms with Gasteiger partial charge in [-0.2, -0.15) is 0 Å². The van der Waals surface area contributed by atoms with Gasteiger partial charge in [0.25, 0.3) is 0 Å². The van der Waals surface area contributed by atoms with Crippen LogP contribution in [0.4, 0.5) is 10.5 Å². The molecule has 0 atom stereocenters. The van der Waals surface area contributed by atoms with Gasteiger partial charge in [0.15, 0.2) is 11.5 Å². The van der Waals surface area contributed by atoms with Gasteiger partial charge in [-0.15, -0.1) is 0 Å². The summed E-state index contributed by atoms with van der Waals surface area (Å²) in [6.45, 7) is 2.73. The van der Waals surface area contributed by atoms with Gasteiger partial charge < -0.3 is 19.7 Å². The summed E-state index contributed by atoms with van der Waals surface area (Å²) in [7, 11) is 4.88. The Hall–Kier alpha value is -1.43. The van der Waals surface area contributed by atoms with E-state index in [1.165, 1.54) is 0 Å². The van der Waals surface area contributed by atoms with E-state index in [1.54, 1.807) is 38.3 Å². The molecule has 0 unspecified atom stereocenters. The molecule has 1 aromatic carbocycles. The average Bonchev–Trinajstić information content (AvgIpc) is 2.40. The number of nitrogens with one attached hydrogen (secondary N) is 1. The maximum atomic E-state index is 11.9. The van der Waals surface area contributed by atoms with E-state index in [0.717, 1.165) is 10.9 Å². The zero-order valence-corrected chi connectivity index (χ0v) is 13.2. The lowest BCUT2D eigenvalue weighted by atomic mass is 10.2. The normalized spacial score (nSPS) is 9.95. The number of carbonyl (C=O) groups excluding carboxylic acids is 1. The molecule has 0 fully saturated rings. The molecule has 0 aliphatic heterocycles. The lowest BCUT2D eigenvalue weighted by molar-refractivity contribution is 0.222. The van der Waals surface area contributed by atoms with E-state index < -0.39 is 0 Å². The molecule has 0 bridgehead atoms. The summed E-state index contributed by atoms with van der Waals surface area (Å²) >= 11 is 3.40. The Bertz CT molecular complexity index is 452. The number of carbonyl (C=O) groups is 1. The van der Waals surface area contributed by atoms with Crippen molar-refractivity contribution in [2.24, 2.45) is 0 Å². The van der Waals surface area contributed by atoms with Crippen LogP contribution >= 0.6 is 15.9 Å². The van der Waals surface area contributed by atoms with Crippen LogP contribution in [0.5, 0.6) is 11.5 Å². The van der Waals surface area contributed by atoms with Crippen LogP contribution in [-0.4, -0.2) is 38.7 Å². The third kappa shape index (κ3) is 4.02. The van der Waals surface area contributed by atoms with Crippen LogP contribution in [0.25, 0.3) is 0 Å². The molecule has 0 aromatic heterocycles. The predicted molar refractivity (Wildman–Crippen MR) is 79.2 cm³/mol. The van der Waals surface area contributed by atoms with Gasteiger partial charge in [0.1, 0.15) is 0 Å². The zero-order valence-electron chi connectivity index (χ0n) is 11.6. The van der Waals surface area contributed by atoms with Gasteiger partial charge in [-0.05, 0) is 22.4 Å². The summed E-state index contributed by atoms with van der Waals surface area (Å²) in [4.78, 5) is 13.6. The minimum Gasteiger partial charge on any atom is -0.493 e. The minimum absolute atomic E-state index is 0.158. The van der Waals surface area contributed by atoms with Gasteiger partial charge in [-0.1, -0.05) is 6.92 Å². The molecule has 19 heavy (non-hydrogen) atoms. The highest BCUT2D eigenvalue weighted by Crippen LogP contribution is 2.36. The molecule has 0 heterocycles.